The molecular weight excluding hydrogens is 347 g/mol. The zero-order valence-electron chi connectivity index (χ0n) is 8.21. The molecule has 0 aliphatic heterocycles. The van der Waals surface area contributed by atoms with Crippen LogP contribution in [0, 0.1) is 0 Å². The van der Waals surface area contributed by atoms with Gasteiger partial charge in [0, 0.05) is 6.20 Å². The van der Waals surface area contributed by atoms with Crippen molar-refractivity contribution in [1.29, 1.82) is 0 Å². The van der Waals surface area contributed by atoms with Crippen molar-refractivity contribution in [2.45, 2.75) is 0 Å². The van der Waals surface area contributed by atoms with E-state index in [0.717, 1.165) is 11.3 Å². The van der Waals surface area contributed by atoms with E-state index in [1.54, 1.807) is 18.3 Å². The van der Waals surface area contributed by atoms with Gasteiger partial charge >= 0.3 is 0 Å². The zero-order chi connectivity index (χ0) is 12.4. The molecule has 1 amide bonds. The van der Waals surface area contributed by atoms with Crippen LogP contribution >= 0.6 is 50.5 Å². The van der Waals surface area contributed by atoms with Crippen molar-refractivity contribution >= 4 is 62.2 Å². The Morgan fingerprint density at radius 2 is 2.24 bits per heavy atom. The minimum absolute atomic E-state index is 0.336. The maximum absolute atomic E-state index is 11.9. The number of thiophene rings is 1. The van der Waals surface area contributed by atoms with Gasteiger partial charge in [0.2, 0.25) is 0 Å². The Bertz CT molecular complexity index is 573. The topological polar surface area (TPSA) is 42.0 Å². The Morgan fingerprint density at radius 1 is 1.47 bits per heavy atom. The maximum Gasteiger partial charge on any atom is 0.259 e. The molecule has 0 fully saturated rings. The Hall–Kier alpha value is -0.620. The lowest BCUT2D eigenvalue weighted by molar-refractivity contribution is 0.102. The fourth-order valence-corrected chi connectivity index (χ4v) is 2.96. The molecule has 0 unspecified atom stereocenters. The molecular formula is C10H5BrCl2N2OS. The van der Waals surface area contributed by atoms with E-state index in [1.807, 2.05) is 0 Å². The van der Waals surface area contributed by atoms with Gasteiger partial charge in [-0.1, -0.05) is 23.2 Å². The first-order valence-corrected chi connectivity index (χ1v) is 6.81. The van der Waals surface area contributed by atoms with Crippen LogP contribution in [0.4, 0.5) is 5.82 Å². The van der Waals surface area contributed by atoms with Gasteiger partial charge in [0.25, 0.3) is 5.91 Å². The molecule has 0 atom stereocenters. The molecule has 2 aromatic rings. The molecule has 2 rings (SSSR count). The zero-order valence-corrected chi connectivity index (χ0v) is 12.1. The van der Waals surface area contributed by atoms with Gasteiger partial charge in [-0.25, -0.2) is 4.98 Å². The third-order valence-corrected chi connectivity index (χ3v) is 4.02. The third-order valence-electron chi connectivity index (χ3n) is 1.89. The predicted molar refractivity (Wildman–Crippen MR) is 74.2 cm³/mol. The van der Waals surface area contributed by atoms with Gasteiger partial charge in [0.05, 0.1) is 14.4 Å². The number of carbonyl (C=O) groups excluding carboxylic acids is 1. The number of nitrogens with one attached hydrogen (secondary N) is 1. The number of rotatable bonds is 2. The predicted octanol–water partition coefficient (Wildman–Crippen LogP) is 4.46. The molecule has 0 aliphatic rings. The number of halogens is 3. The summed E-state index contributed by atoms with van der Waals surface area (Å²) in [4.78, 5) is 15.9. The summed E-state index contributed by atoms with van der Waals surface area (Å²) in [6, 6.07) is 5.07. The van der Waals surface area contributed by atoms with E-state index in [9.17, 15) is 4.79 Å². The summed E-state index contributed by atoms with van der Waals surface area (Å²) in [7, 11) is 0. The minimum atomic E-state index is -0.336. The monoisotopic (exact) mass is 350 g/mol. The van der Waals surface area contributed by atoms with Crippen molar-refractivity contribution in [2.75, 3.05) is 5.32 Å². The third kappa shape index (κ3) is 2.98. The highest BCUT2D eigenvalue weighted by molar-refractivity contribution is 9.10. The number of nitrogens with zero attached hydrogens (tertiary/aromatic N) is 1. The number of carbonyl (C=O) groups is 1. The van der Waals surface area contributed by atoms with Crippen molar-refractivity contribution in [2.24, 2.45) is 0 Å². The summed E-state index contributed by atoms with van der Waals surface area (Å²) in [6.45, 7) is 0. The lowest BCUT2D eigenvalue weighted by Gasteiger charge is -2.04. The first-order chi connectivity index (χ1) is 8.08. The van der Waals surface area contributed by atoms with Crippen molar-refractivity contribution in [3.8, 4) is 0 Å². The normalized spacial score (nSPS) is 10.3. The molecule has 0 radical (unpaired) electrons. The van der Waals surface area contributed by atoms with Crippen LogP contribution in [-0.2, 0) is 0 Å². The lowest BCUT2D eigenvalue weighted by Crippen LogP contribution is -2.12. The molecule has 17 heavy (non-hydrogen) atoms. The van der Waals surface area contributed by atoms with E-state index >= 15 is 0 Å². The molecule has 0 aliphatic carbocycles. The van der Waals surface area contributed by atoms with Crippen molar-refractivity contribution in [1.82, 2.24) is 4.98 Å². The molecule has 2 heterocycles. The number of hydrogen-bond donors (Lipinski definition) is 1. The standard InChI is InChI=1S/C10H5BrCl2N2OS/c11-6-2-1-3-14-9(6)15-10(16)5-4-7(12)17-8(5)13/h1-4H,(H,14,15,16). The number of anilines is 1. The van der Waals surface area contributed by atoms with Gasteiger partial charge < -0.3 is 5.32 Å². The van der Waals surface area contributed by atoms with Gasteiger partial charge in [-0.2, -0.15) is 0 Å². The van der Waals surface area contributed by atoms with Crippen LogP contribution in [0.5, 0.6) is 0 Å². The minimum Gasteiger partial charge on any atom is -0.306 e. The summed E-state index contributed by atoms with van der Waals surface area (Å²) in [5.74, 6) is 0.105. The van der Waals surface area contributed by atoms with Gasteiger partial charge in [0.15, 0.2) is 0 Å². The molecule has 0 saturated carbocycles. The highest BCUT2D eigenvalue weighted by Crippen LogP contribution is 2.31. The highest BCUT2D eigenvalue weighted by atomic mass is 79.9. The summed E-state index contributed by atoms with van der Waals surface area (Å²) < 4.78 is 1.53. The van der Waals surface area contributed by atoms with Gasteiger partial charge in [-0.3, -0.25) is 4.79 Å². The molecule has 0 aromatic carbocycles. The number of hydrogen-bond acceptors (Lipinski definition) is 3. The maximum atomic E-state index is 11.9. The summed E-state index contributed by atoms with van der Waals surface area (Å²) >= 11 is 16.1. The van der Waals surface area contributed by atoms with Gasteiger partial charge in [0.1, 0.15) is 10.2 Å². The molecule has 88 valence electrons. The largest absolute Gasteiger partial charge is 0.306 e. The SMILES string of the molecule is O=C(Nc1ncccc1Br)c1cc(Cl)sc1Cl. The van der Waals surface area contributed by atoms with Crippen LogP contribution in [0.1, 0.15) is 10.4 Å². The van der Waals surface area contributed by atoms with E-state index < -0.39 is 0 Å². The second-order valence-corrected chi connectivity index (χ2v) is 6.17. The van der Waals surface area contributed by atoms with Crippen molar-refractivity contribution in [3.63, 3.8) is 0 Å². The fraction of sp³-hybridized carbons (Fsp3) is 0. The average molecular weight is 352 g/mol. The van der Waals surface area contributed by atoms with E-state index in [-0.39, 0.29) is 5.91 Å². The summed E-state index contributed by atoms with van der Waals surface area (Å²) in [5.41, 5.74) is 0.346. The quantitative estimate of drug-likeness (QED) is 0.867. The van der Waals surface area contributed by atoms with Gasteiger partial charge in [-0.15, -0.1) is 11.3 Å². The summed E-state index contributed by atoms with van der Waals surface area (Å²) in [6.07, 6.45) is 1.59. The highest BCUT2D eigenvalue weighted by Gasteiger charge is 2.15. The van der Waals surface area contributed by atoms with Crippen LogP contribution in [0.15, 0.2) is 28.9 Å². The molecule has 2 aromatic heterocycles. The van der Waals surface area contributed by atoms with Crippen LogP contribution in [0.2, 0.25) is 8.67 Å². The Balaban J connectivity index is 2.23. The Kier molecular flexibility index (Phi) is 4.04. The molecule has 7 heteroatoms. The second kappa shape index (κ2) is 5.35. The molecule has 0 bridgehead atoms. The molecule has 0 saturated heterocycles. The number of amides is 1. The summed E-state index contributed by atoms with van der Waals surface area (Å²) in [5, 5.41) is 2.65. The van der Waals surface area contributed by atoms with Gasteiger partial charge in [-0.05, 0) is 34.1 Å². The molecule has 0 spiro atoms. The van der Waals surface area contributed by atoms with E-state index in [4.69, 9.17) is 23.2 Å². The van der Waals surface area contributed by atoms with Crippen molar-refractivity contribution in [3.05, 3.63) is 43.1 Å². The Labute approximate surface area is 120 Å². The smallest absolute Gasteiger partial charge is 0.259 e. The van der Waals surface area contributed by atoms with E-state index in [1.165, 1.54) is 6.07 Å². The first kappa shape index (κ1) is 12.8. The van der Waals surface area contributed by atoms with Crippen LogP contribution in [0.3, 0.4) is 0 Å². The molecule has 3 nitrogen and oxygen atoms in total. The van der Waals surface area contributed by atoms with Crippen LogP contribution in [0.25, 0.3) is 0 Å². The molecule has 1 N–H and O–H groups in total. The van der Waals surface area contributed by atoms with Crippen LogP contribution < -0.4 is 5.32 Å². The number of aromatic nitrogens is 1. The average Bonchev–Trinajstić information content (AvgIpc) is 2.61. The lowest BCUT2D eigenvalue weighted by atomic mass is 10.3. The van der Waals surface area contributed by atoms with E-state index in [0.29, 0.717) is 24.5 Å². The Morgan fingerprint density at radius 3 is 2.82 bits per heavy atom. The fourth-order valence-electron chi connectivity index (χ4n) is 1.15. The first-order valence-electron chi connectivity index (χ1n) is 4.44. The van der Waals surface area contributed by atoms with Crippen LogP contribution in [-0.4, -0.2) is 10.9 Å². The second-order valence-electron chi connectivity index (χ2n) is 3.03. The van der Waals surface area contributed by atoms with E-state index in [2.05, 4.69) is 26.2 Å². The van der Waals surface area contributed by atoms with Crippen molar-refractivity contribution < 1.29 is 4.79 Å². The number of pyridine rings is 1.